The maximum Gasteiger partial charge on any atom is 0.225 e. The normalized spacial score (nSPS) is 12.2. The summed E-state index contributed by atoms with van der Waals surface area (Å²) >= 11 is 0. The van der Waals surface area contributed by atoms with Crippen molar-refractivity contribution in [1.29, 1.82) is 0 Å². The summed E-state index contributed by atoms with van der Waals surface area (Å²) in [6.45, 7) is 8.86. The fourth-order valence-corrected chi connectivity index (χ4v) is 1.72. The maximum atomic E-state index is 11.9. The number of ether oxygens (including phenoxy) is 1. The number of rotatable bonds is 8. The number of hydrogen-bond acceptors (Lipinski definition) is 3. The van der Waals surface area contributed by atoms with Crippen LogP contribution in [0.1, 0.15) is 40.5 Å². The van der Waals surface area contributed by atoms with Crippen LogP contribution >= 0.6 is 0 Å². The van der Waals surface area contributed by atoms with E-state index in [0.717, 1.165) is 12.1 Å². The number of hydrogen-bond donors (Lipinski definition) is 2. The van der Waals surface area contributed by atoms with E-state index in [2.05, 4.69) is 24.5 Å². The first-order chi connectivity index (χ1) is 9.52. The Morgan fingerprint density at radius 3 is 2.60 bits per heavy atom. The van der Waals surface area contributed by atoms with Gasteiger partial charge in [-0.1, -0.05) is 19.1 Å². The fraction of sp³-hybridized carbons (Fsp3) is 0.562. The molecule has 1 aromatic carbocycles. The molecule has 2 N–H and O–H groups in total. The molecule has 1 amide bonds. The molecular formula is C16H26N2O2. The lowest BCUT2D eigenvalue weighted by Crippen LogP contribution is -2.29. The van der Waals surface area contributed by atoms with Gasteiger partial charge in [-0.3, -0.25) is 4.79 Å². The summed E-state index contributed by atoms with van der Waals surface area (Å²) in [5.41, 5.74) is 0.731. The number of para-hydroxylation sites is 2. The third-order valence-electron chi connectivity index (χ3n) is 2.98. The molecule has 1 aromatic rings. The van der Waals surface area contributed by atoms with Crippen LogP contribution in [0.5, 0.6) is 5.75 Å². The molecule has 1 rings (SSSR count). The minimum atomic E-state index is 0.000564. The van der Waals surface area contributed by atoms with Crippen LogP contribution in [0.25, 0.3) is 0 Å². The summed E-state index contributed by atoms with van der Waals surface area (Å²) in [6.07, 6.45) is 1.60. The van der Waals surface area contributed by atoms with E-state index in [1.165, 1.54) is 0 Å². The minimum absolute atomic E-state index is 0.000564. The summed E-state index contributed by atoms with van der Waals surface area (Å²) in [4.78, 5) is 11.9. The average molecular weight is 278 g/mol. The number of amides is 1. The molecule has 0 aliphatic carbocycles. The van der Waals surface area contributed by atoms with Crippen molar-refractivity contribution >= 4 is 11.6 Å². The number of carbonyl (C=O) groups excluding carboxylic acids is 1. The SMILES string of the molecule is CCC(C)NCCC(=O)Nc1ccccc1OC(C)C. The Kier molecular flexibility index (Phi) is 7.09. The molecule has 0 saturated heterocycles. The third-order valence-corrected chi connectivity index (χ3v) is 2.98. The zero-order valence-electron chi connectivity index (χ0n) is 12.9. The van der Waals surface area contributed by atoms with Crippen molar-refractivity contribution in [2.45, 2.75) is 52.7 Å². The first-order valence-electron chi connectivity index (χ1n) is 7.31. The van der Waals surface area contributed by atoms with E-state index in [4.69, 9.17) is 4.74 Å². The number of anilines is 1. The van der Waals surface area contributed by atoms with Crippen LogP contribution in [-0.4, -0.2) is 24.6 Å². The van der Waals surface area contributed by atoms with Gasteiger partial charge in [0.15, 0.2) is 0 Å². The monoisotopic (exact) mass is 278 g/mol. The molecule has 0 saturated carbocycles. The van der Waals surface area contributed by atoms with E-state index >= 15 is 0 Å². The molecule has 0 aromatic heterocycles. The second-order valence-electron chi connectivity index (χ2n) is 5.22. The van der Waals surface area contributed by atoms with E-state index in [1.54, 1.807) is 0 Å². The quantitative estimate of drug-likeness (QED) is 0.768. The van der Waals surface area contributed by atoms with Gasteiger partial charge < -0.3 is 15.4 Å². The van der Waals surface area contributed by atoms with E-state index in [-0.39, 0.29) is 12.0 Å². The summed E-state index contributed by atoms with van der Waals surface area (Å²) in [6, 6.07) is 7.96. The van der Waals surface area contributed by atoms with E-state index in [9.17, 15) is 4.79 Å². The van der Waals surface area contributed by atoms with E-state index in [1.807, 2.05) is 38.1 Å². The van der Waals surface area contributed by atoms with Crippen molar-refractivity contribution < 1.29 is 9.53 Å². The maximum absolute atomic E-state index is 11.9. The van der Waals surface area contributed by atoms with Gasteiger partial charge in [0.25, 0.3) is 0 Å². The van der Waals surface area contributed by atoms with Crippen LogP contribution in [0, 0.1) is 0 Å². The lowest BCUT2D eigenvalue weighted by molar-refractivity contribution is -0.116. The highest BCUT2D eigenvalue weighted by molar-refractivity contribution is 5.92. The molecule has 0 bridgehead atoms. The zero-order chi connectivity index (χ0) is 15.0. The van der Waals surface area contributed by atoms with E-state index < -0.39 is 0 Å². The van der Waals surface area contributed by atoms with Crippen LogP contribution in [0.3, 0.4) is 0 Å². The van der Waals surface area contributed by atoms with Gasteiger partial charge in [0.1, 0.15) is 5.75 Å². The zero-order valence-corrected chi connectivity index (χ0v) is 12.9. The number of nitrogens with one attached hydrogen (secondary N) is 2. The molecule has 4 heteroatoms. The number of benzene rings is 1. The van der Waals surface area contributed by atoms with Crippen LogP contribution < -0.4 is 15.4 Å². The molecule has 0 aliphatic heterocycles. The van der Waals surface area contributed by atoms with Crippen LogP contribution in [0.2, 0.25) is 0 Å². The van der Waals surface area contributed by atoms with Gasteiger partial charge in [0.2, 0.25) is 5.91 Å². The highest BCUT2D eigenvalue weighted by Gasteiger charge is 2.08. The Hall–Kier alpha value is -1.55. The summed E-state index contributed by atoms with van der Waals surface area (Å²) in [5, 5.41) is 6.21. The standard InChI is InChI=1S/C16H26N2O2/c1-5-13(4)17-11-10-16(19)18-14-8-6-7-9-15(14)20-12(2)3/h6-9,12-13,17H,5,10-11H2,1-4H3,(H,18,19). The second kappa shape index (κ2) is 8.59. The lowest BCUT2D eigenvalue weighted by Gasteiger charge is -2.15. The van der Waals surface area contributed by atoms with Gasteiger partial charge >= 0.3 is 0 Å². The molecule has 112 valence electrons. The van der Waals surface area contributed by atoms with Crippen LogP contribution in [0.4, 0.5) is 5.69 Å². The summed E-state index contributed by atoms with van der Waals surface area (Å²) in [7, 11) is 0. The third kappa shape index (κ3) is 6.06. The number of carbonyl (C=O) groups is 1. The highest BCUT2D eigenvalue weighted by Crippen LogP contribution is 2.24. The topological polar surface area (TPSA) is 50.4 Å². The van der Waals surface area contributed by atoms with Gasteiger partial charge in [-0.25, -0.2) is 0 Å². The van der Waals surface area contributed by atoms with Crippen LogP contribution in [0.15, 0.2) is 24.3 Å². The predicted molar refractivity (Wildman–Crippen MR) is 83.2 cm³/mol. The fourth-order valence-electron chi connectivity index (χ4n) is 1.72. The lowest BCUT2D eigenvalue weighted by atomic mass is 10.2. The Morgan fingerprint density at radius 2 is 1.95 bits per heavy atom. The molecule has 1 atom stereocenters. The Balaban J connectivity index is 2.49. The predicted octanol–water partition coefficient (Wildman–Crippen LogP) is 3.19. The molecule has 0 heterocycles. The second-order valence-corrected chi connectivity index (χ2v) is 5.22. The van der Waals surface area contributed by atoms with Gasteiger partial charge in [0, 0.05) is 19.0 Å². The Labute approximate surface area is 121 Å². The van der Waals surface area contributed by atoms with Crippen molar-refractivity contribution in [2.75, 3.05) is 11.9 Å². The molecule has 0 fully saturated rings. The first-order valence-corrected chi connectivity index (χ1v) is 7.31. The van der Waals surface area contributed by atoms with Gasteiger partial charge in [-0.15, -0.1) is 0 Å². The van der Waals surface area contributed by atoms with Crippen molar-refractivity contribution in [1.82, 2.24) is 5.32 Å². The summed E-state index contributed by atoms with van der Waals surface area (Å²) in [5.74, 6) is 0.714. The molecule has 20 heavy (non-hydrogen) atoms. The molecule has 1 unspecified atom stereocenters. The molecule has 0 radical (unpaired) electrons. The van der Waals surface area contributed by atoms with Gasteiger partial charge in [0.05, 0.1) is 11.8 Å². The molecule has 0 aliphatic rings. The largest absolute Gasteiger partial charge is 0.489 e. The van der Waals surface area contributed by atoms with Crippen molar-refractivity contribution in [3.63, 3.8) is 0 Å². The molecule has 4 nitrogen and oxygen atoms in total. The van der Waals surface area contributed by atoms with Gasteiger partial charge in [-0.2, -0.15) is 0 Å². The Bertz CT molecular complexity index is 419. The summed E-state index contributed by atoms with van der Waals surface area (Å²) < 4.78 is 5.68. The minimum Gasteiger partial charge on any atom is -0.489 e. The molecule has 0 spiro atoms. The van der Waals surface area contributed by atoms with Crippen molar-refractivity contribution in [2.24, 2.45) is 0 Å². The van der Waals surface area contributed by atoms with Crippen molar-refractivity contribution in [3.8, 4) is 5.75 Å². The average Bonchev–Trinajstić information content (AvgIpc) is 2.40. The van der Waals surface area contributed by atoms with Crippen LogP contribution in [-0.2, 0) is 4.79 Å². The smallest absolute Gasteiger partial charge is 0.225 e. The highest BCUT2D eigenvalue weighted by atomic mass is 16.5. The van der Waals surface area contributed by atoms with Crippen molar-refractivity contribution in [3.05, 3.63) is 24.3 Å². The Morgan fingerprint density at radius 1 is 1.25 bits per heavy atom. The van der Waals surface area contributed by atoms with E-state index in [0.29, 0.717) is 24.8 Å². The molecular weight excluding hydrogens is 252 g/mol. The van der Waals surface area contributed by atoms with Gasteiger partial charge in [-0.05, 0) is 39.3 Å². The first kappa shape index (κ1) is 16.5.